The summed E-state index contributed by atoms with van der Waals surface area (Å²) < 4.78 is 0. The third-order valence-electron chi connectivity index (χ3n) is 4.45. The van der Waals surface area contributed by atoms with Crippen LogP contribution in [0.25, 0.3) is 0 Å². The van der Waals surface area contributed by atoms with Crippen LogP contribution in [0.4, 0.5) is 0 Å². The summed E-state index contributed by atoms with van der Waals surface area (Å²) in [6.07, 6.45) is 2.44. The fourth-order valence-corrected chi connectivity index (χ4v) is 2.17. The molecule has 0 fully saturated rings. The van der Waals surface area contributed by atoms with Crippen molar-refractivity contribution in [1.29, 1.82) is 0 Å². The molecule has 0 spiro atoms. The van der Waals surface area contributed by atoms with Crippen molar-refractivity contribution in [1.82, 2.24) is 5.32 Å². The van der Waals surface area contributed by atoms with Crippen LogP contribution in [-0.2, 0) is 4.79 Å². The van der Waals surface area contributed by atoms with E-state index in [0.717, 1.165) is 19.4 Å². The van der Waals surface area contributed by atoms with Crippen LogP contribution in [0.5, 0.6) is 0 Å². The monoisotopic (exact) mass is 257 g/mol. The highest BCUT2D eigenvalue weighted by Gasteiger charge is 2.44. The smallest absolute Gasteiger partial charge is 0.226 e. The Labute approximate surface area is 112 Å². The van der Waals surface area contributed by atoms with Crippen LogP contribution in [0, 0.1) is 16.7 Å². The Kier molecular flexibility index (Phi) is 6.90. The van der Waals surface area contributed by atoms with Gasteiger partial charge in [-0.15, -0.1) is 0 Å². The van der Waals surface area contributed by atoms with E-state index in [1.807, 2.05) is 13.8 Å². The molecule has 0 saturated heterocycles. The van der Waals surface area contributed by atoms with Gasteiger partial charge in [-0.25, -0.2) is 0 Å². The second-order valence-electron chi connectivity index (χ2n) is 6.48. The maximum atomic E-state index is 12.4. The van der Waals surface area contributed by atoms with Crippen molar-refractivity contribution in [2.24, 2.45) is 16.7 Å². The second-order valence-corrected chi connectivity index (χ2v) is 6.48. The van der Waals surface area contributed by atoms with Crippen molar-refractivity contribution in [3.63, 3.8) is 0 Å². The Balaban J connectivity index is 4.67. The first kappa shape index (κ1) is 17.4. The molecule has 1 amide bonds. The van der Waals surface area contributed by atoms with Crippen molar-refractivity contribution in [2.45, 2.75) is 60.8 Å². The van der Waals surface area contributed by atoms with E-state index >= 15 is 0 Å². The number of carbonyl (C=O) groups is 1. The number of aliphatic hydroxyl groups is 1. The van der Waals surface area contributed by atoms with E-state index in [0.29, 0.717) is 12.3 Å². The highest BCUT2D eigenvalue weighted by molar-refractivity contribution is 5.83. The third kappa shape index (κ3) is 4.27. The molecule has 0 aromatic heterocycles. The first-order chi connectivity index (χ1) is 8.21. The number of rotatable bonds is 8. The standard InChI is InChI=1S/C15H31NO2/c1-7-15(6,14(4,5)9-11-17)13(18)16-10-8-12(2)3/h12,17H,7-11H2,1-6H3,(H,16,18). The number of aliphatic hydroxyl groups excluding tert-OH is 1. The van der Waals surface area contributed by atoms with Crippen LogP contribution in [0.2, 0.25) is 0 Å². The summed E-state index contributed by atoms with van der Waals surface area (Å²) in [7, 11) is 0. The fraction of sp³-hybridized carbons (Fsp3) is 0.933. The Morgan fingerprint density at radius 2 is 1.83 bits per heavy atom. The number of nitrogens with one attached hydrogen (secondary N) is 1. The van der Waals surface area contributed by atoms with Crippen LogP contribution >= 0.6 is 0 Å². The van der Waals surface area contributed by atoms with Gasteiger partial charge in [-0.05, 0) is 30.6 Å². The molecule has 0 aromatic rings. The van der Waals surface area contributed by atoms with Gasteiger partial charge in [-0.1, -0.05) is 41.5 Å². The van der Waals surface area contributed by atoms with Gasteiger partial charge in [0.05, 0.1) is 5.41 Å². The first-order valence-corrected chi connectivity index (χ1v) is 7.10. The largest absolute Gasteiger partial charge is 0.396 e. The Bertz CT molecular complexity index is 261. The molecule has 0 aliphatic rings. The van der Waals surface area contributed by atoms with E-state index in [1.165, 1.54) is 0 Å². The summed E-state index contributed by atoms with van der Waals surface area (Å²) in [6.45, 7) is 13.4. The van der Waals surface area contributed by atoms with Crippen LogP contribution in [-0.4, -0.2) is 24.2 Å². The van der Waals surface area contributed by atoms with E-state index in [9.17, 15) is 4.79 Å². The van der Waals surface area contributed by atoms with E-state index in [1.54, 1.807) is 0 Å². The minimum absolute atomic E-state index is 0.115. The normalized spacial score (nSPS) is 15.6. The summed E-state index contributed by atoms with van der Waals surface area (Å²) in [6, 6.07) is 0. The number of carbonyl (C=O) groups excluding carboxylic acids is 1. The van der Waals surface area contributed by atoms with Gasteiger partial charge in [0.15, 0.2) is 0 Å². The highest BCUT2D eigenvalue weighted by atomic mass is 16.3. The van der Waals surface area contributed by atoms with Crippen LogP contribution in [0.3, 0.4) is 0 Å². The van der Waals surface area contributed by atoms with Gasteiger partial charge in [-0.3, -0.25) is 4.79 Å². The lowest BCUT2D eigenvalue weighted by atomic mass is 9.63. The van der Waals surface area contributed by atoms with Crippen LogP contribution < -0.4 is 5.32 Å². The Morgan fingerprint density at radius 3 is 2.22 bits per heavy atom. The van der Waals surface area contributed by atoms with Crippen molar-refractivity contribution < 1.29 is 9.90 Å². The van der Waals surface area contributed by atoms with Crippen molar-refractivity contribution >= 4 is 5.91 Å². The summed E-state index contributed by atoms with van der Waals surface area (Å²) in [5, 5.41) is 12.2. The summed E-state index contributed by atoms with van der Waals surface area (Å²) in [5.41, 5.74) is -0.620. The zero-order chi connectivity index (χ0) is 14.4. The number of hydrogen-bond donors (Lipinski definition) is 2. The number of amides is 1. The second kappa shape index (κ2) is 7.13. The summed E-state index contributed by atoms with van der Waals surface area (Å²) >= 11 is 0. The van der Waals surface area contributed by atoms with Crippen molar-refractivity contribution in [3.8, 4) is 0 Å². The quantitative estimate of drug-likeness (QED) is 0.702. The molecule has 1 atom stereocenters. The average molecular weight is 257 g/mol. The van der Waals surface area contributed by atoms with Crippen LogP contribution in [0.15, 0.2) is 0 Å². The first-order valence-electron chi connectivity index (χ1n) is 7.10. The molecule has 2 N–H and O–H groups in total. The van der Waals surface area contributed by atoms with Gasteiger partial charge in [0, 0.05) is 13.2 Å². The maximum absolute atomic E-state index is 12.4. The van der Waals surface area contributed by atoms with Gasteiger partial charge in [-0.2, -0.15) is 0 Å². The minimum Gasteiger partial charge on any atom is -0.396 e. The summed E-state index contributed by atoms with van der Waals surface area (Å²) in [4.78, 5) is 12.4. The van der Waals surface area contributed by atoms with Gasteiger partial charge in [0.1, 0.15) is 0 Å². The molecule has 0 heterocycles. The van der Waals surface area contributed by atoms with E-state index in [-0.39, 0.29) is 17.9 Å². The van der Waals surface area contributed by atoms with E-state index < -0.39 is 5.41 Å². The molecular formula is C15H31NO2. The van der Waals surface area contributed by atoms with E-state index in [4.69, 9.17) is 5.11 Å². The average Bonchev–Trinajstić information content (AvgIpc) is 2.26. The van der Waals surface area contributed by atoms with Crippen molar-refractivity contribution in [3.05, 3.63) is 0 Å². The predicted molar refractivity (Wildman–Crippen MR) is 76.3 cm³/mol. The molecule has 1 unspecified atom stereocenters. The molecule has 0 bridgehead atoms. The molecular weight excluding hydrogens is 226 g/mol. The van der Waals surface area contributed by atoms with E-state index in [2.05, 4.69) is 33.0 Å². The minimum atomic E-state index is -0.424. The number of hydrogen-bond acceptors (Lipinski definition) is 2. The van der Waals surface area contributed by atoms with Gasteiger partial charge >= 0.3 is 0 Å². The molecule has 0 aliphatic heterocycles. The van der Waals surface area contributed by atoms with Gasteiger partial charge in [0.25, 0.3) is 0 Å². The van der Waals surface area contributed by atoms with Gasteiger partial charge < -0.3 is 10.4 Å². The zero-order valence-electron chi connectivity index (χ0n) is 13.0. The lowest BCUT2D eigenvalue weighted by Gasteiger charge is -2.42. The zero-order valence-corrected chi connectivity index (χ0v) is 13.0. The molecule has 0 aromatic carbocycles. The predicted octanol–water partition coefficient (Wildman–Crippen LogP) is 2.97. The molecule has 18 heavy (non-hydrogen) atoms. The Hall–Kier alpha value is -0.570. The topological polar surface area (TPSA) is 49.3 Å². The molecule has 108 valence electrons. The fourth-order valence-electron chi connectivity index (χ4n) is 2.17. The molecule has 0 aliphatic carbocycles. The van der Waals surface area contributed by atoms with Crippen LogP contribution in [0.1, 0.15) is 60.8 Å². The summed E-state index contributed by atoms with van der Waals surface area (Å²) in [5.74, 6) is 0.715. The Morgan fingerprint density at radius 1 is 1.28 bits per heavy atom. The van der Waals surface area contributed by atoms with Crippen molar-refractivity contribution in [2.75, 3.05) is 13.2 Å². The highest BCUT2D eigenvalue weighted by Crippen LogP contribution is 2.44. The molecule has 0 saturated carbocycles. The SMILES string of the molecule is CCC(C)(C(=O)NCCC(C)C)C(C)(C)CCO. The third-order valence-corrected chi connectivity index (χ3v) is 4.45. The lowest BCUT2D eigenvalue weighted by molar-refractivity contribution is -0.138. The molecule has 0 rings (SSSR count). The van der Waals surface area contributed by atoms with Gasteiger partial charge in [0.2, 0.25) is 5.91 Å². The molecule has 3 heteroatoms. The lowest BCUT2D eigenvalue weighted by Crippen LogP contribution is -2.48. The molecule has 0 radical (unpaired) electrons. The molecule has 3 nitrogen and oxygen atoms in total. The maximum Gasteiger partial charge on any atom is 0.226 e.